The summed E-state index contributed by atoms with van der Waals surface area (Å²) in [5, 5.41) is 0. The summed E-state index contributed by atoms with van der Waals surface area (Å²) < 4.78 is 15.5. The van der Waals surface area contributed by atoms with Crippen molar-refractivity contribution in [2.24, 2.45) is 0 Å². The van der Waals surface area contributed by atoms with Crippen LogP contribution in [0.1, 0.15) is 32.6 Å². The van der Waals surface area contributed by atoms with Crippen LogP contribution in [0.2, 0.25) is 0 Å². The number of hydrogen-bond acceptors (Lipinski definition) is 5. The van der Waals surface area contributed by atoms with Gasteiger partial charge in [0.15, 0.2) is 13.2 Å². The molecule has 0 N–H and O–H groups in total. The SMILES string of the molecule is COc1ccc(OCC(=O)OCC(=O)c2c(C)cc(C)c(C)c2C)cc1. The van der Waals surface area contributed by atoms with Crippen molar-refractivity contribution in [1.82, 2.24) is 0 Å². The minimum absolute atomic E-state index is 0.208. The topological polar surface area (TPSA) is 61.8 Å². The average Bonchev–Trinajstić information content (AvgIpc) is 2.63. The molecule has 0 aromatic heterocycles. The van der Waals surface area contributed by atoms with Gasteiger partial charge in [-0.2, -0.15) is 0 Å². The number of Topliss-reactive ketones (excluding diaryl/α,β-unsaturated/α-hetero) is 1. The number of aryl methyl sites for hydroxylation is 2. The quantitative estimate of drug-likeness (QED) is 0.559. The second-order valence-corrected chi connectivity index (χ2v) is 6.18. The Hall–Kier alpha value is -2.82. The van der Waals surface area contributed by atoms with E-state index in [1.165, 1.54) is 0 Å². The number of methoxy groups -OCH3 is 1. The maximum atomic E-state index is 12.5. The van der Waals surface area contributed by atoms with Gasteiger partial charge >= 0.3 is 5.97 Å². The van der Waals surface area contributed by atoms with Crippen LogP contribution in [0.5, 0.6) is 11.5 Å². The molecule has 26 heavy (non-hydrogen) atoms. The van der Waals surface area contributed by atoms with Crippen LogP contribution in [0.15, 0.2) is 30.3 Å². The first-order chi connectivity index (χ1) is 12.3. The summed E-state index contributed by atoms with van der Waals surface area (Å²) >= 11 is 0. The van der Waals surface area contributed by atoms with Gasteiger partial charge in [0.05, 0.1) is 7.11 Å². The lowest BCUT2D eigenvalue weighted by Crippen LogP contribution is -2.20. The normalized spacial score (nSPS) is 10.3. The molecule has 0 amide bonds. The highest BCUT2D eigenvalue weighted by Gasteiger charge is 2.17. The average molecular weight is 356 g/mol. The van der Waals surface area contributed by atoms with Gasteiger partial charge in [0.2, 0.25) is 5.78 Å². The fourth-order valence-electron chi connectivity index (χ4n) is 2.79. The number of ether oxygens (including phenoxy) is 3. The second-order valence-electron chi connectivity index (χ2n) is 6.18. The van der Waals surface area contributed by atoms with E-state index in [1.54, 1.807) is 31.4 Å². The van der Waals surface area contributed by atoms with Gasteiger partial charge in [-0.05, 0) is 74.2 Å². The molecule has 2 aromatic rings. The molecule has 0 saturated carbocycles. The highest BCUT2D eigenvalue weighted by Crippen LogP contribution is 2.22. The molecule has 138 valence electrons. The molecule has 2 aromatic carbocycles. The van der Waals surface area contributed by atoms with Crippen LogP contribution in [0.4, 0.5) is 0 Å². The molecule has 0 aliphatic carbocycles. The van der Waals surface area contributed by atoms with Crippen LogP contribution in [0.25, 0.3) is 0 Å². The fourth-order valence-corrected chi connectivity index (χ4v) is 2.79. The van der Waals surface area contributed by atoms with E-state index in [-0.39, 0.29) is 19.0 Å². The van der Waals surface area contributed by atoms with Crippen LogP contribution >= 0.6 is 0 Å². The Morgan fingerprint density at radius 3 is 2.08 bits per heavy atom. The van der Waals surface area contributed by atoms with E-state index in [4.69, 9.17) is 14.2 Å². The monoisotopic (exact) mass is 356 g/mol. The van der Waals surface area contributed by atoms with Crippen LogP contribution in [-0.2, 0) is 9.53 Å². The van der Waals surface area contributed by atoms with Crippen LogP contribution in [-0.4, -0.2) is 32.1 Å². The Morgan fingerprint density at radius 2 is 1.46 bits per heavy atom. The van der Waals surface area contributed by atoms with Crippen LogP contribution < -0.4 is 9.47 Å². The van der Waals surface area contributed by atoms with E-state index >= 15 is 0 Å². The standard InChI is InChI=1S/C21H24O5/c1-13-10-14(2)21(16(4)15(13)3)19(22)11-26-20(23)12-25-18-8-6-17(24-5)7-9-18/h6-10H,11-12H2,1-5H3. The first kappa shape index (κ1) is 19.5. The zero-order valence-electron chi connectivity index (χ0n) is 15.8. The van der Waals surface area contributed by atoms with E-state index in [1.807, 2.05) is 33.8 Å². The summed E-state index contributed by atoms with van der Waals surface area (Å²) in [7, 11) is 1.57. The predicted octanol–water partition coefficient (Wildman–Crippen LogP) is 3.73. The van der Waals surface area contributed by atoms with Crippen molar-refractivity contribution in [1.29, 1.82) is 0 Å². The maximum Gasteiger partial charge on any atom is 0.344 e. The fraction of sp³-hybridized carbons (Fsp3) is 0.333. The number of hydrogen-bond donors (Lipinski definition) is 0. The molecule has 0 spiro atoms. The third kappa shape index (κ3) is 4.63. The minimum Gasteiger partial charge on any atom is -0.497 e. The van der Waals surface area contributed by atoms with Crippen LogP contribution in [0, 0.1) is 27.7 Å². The molecule has 0 fully saturated rings. The molecule has 0 heterocycles. The van der Waals surface area contributed by atoms with Crippen molar-refractivity contribution in [3.05, 3.63) is 58.1 Å². The van der Waals surface area contributed by atoms with E-state index in [0.29, 0.717) is 17.1 Å². The van der Waals surface area contributed by atoms with Gasteiger partial charge in [-0.25, -0.2) is 4.79 Å². The highest BCUT2D eigenvalue weighted by molar-refractivity contribution is 6.01. The lowest BCUT2D eigenvalue weighted by Gasteiger charge is -2.14. The Labute approximate surface area is 153 Å². The van der Waals surface area contributed by atoms with Gasteiger partial charge in [0, 0.05) is 5.56 Å². The smallest absolute Gasteiger partial charge is 0.344 e. The Balaban J connectivity index is 1.91. The molecule has 0 bridgehead atoms. The first-order valence-corrected chi connectivity index (χ1v) is 8.36. The number of esters is 1. The summed E-state index contributed by atoms with van der Waals surface area (Å²) in [5.41, 5.74) is 4.66. The van der Waals surface area contributed by atoms with Crippen LogP contribution in [0.3, 0.4) is 0 Å². The van der Waals surface area contributed by atoms with Crippen molar-refractivity contribution in [2.45, 2.75) is 27.7 Å². The summed E-state index contributed by atoms with van der Waals surface area (Å²) in [5.74, 6) is 0.425. The summed E-state index contributed by atoms with van der Waals surface area (Å²) in [6.45, 7) is 7.24. The zero-order chi connectivity index (χ0) is 19.3. The molecule has 0 aliphatic rings. The molecule has 0 unspecified atom stereocenters. The number of benzene rings is 2. The summed E-state index contributed by atoms with van der Waals surface area (Å²) in [6.07, 6.45) is 0. The van der Waals surface area contributed by atoms with Gasteiger partial charge in [-0.1, -0.05) is 6.07 Å². The lowest BCUT2D eigenvalue weighted by molar-refractivity contribution is -0.144. The first-order valence-electron chi connectivity index (χ1n) is 8.36. The molecular formula is C21H24O5. The summed E-state index contributed by atoms with van der Waals surface area (Å²) in [4.78, 5) is 24.3. The number of ketones is 1. The Bertz CT molecular complexity index is 806. The van der Waals surface area contributed by atoms with Crippen molar-refractivity contribution in [2.75, 3.05) is 20.3 Å². The molecule has 2 rings (SSSR count). The van der Waals surface area contributed by atoms with Gasteiger partial charge < -0.3 is 14.2 Å². The molecule has 5 heteroatoms. The third-order valence-electron chi connectivity index (χ3n) is 4.42. The molecule has 5 nitrogen and oxygen atoms in total. The van der Waals surface area contributed by atoms with E-state index in [9.17, 15) is 9.59 Å². The highest BCUT2D eigenvalue weighted by atomic mass is 16.6. The number of carbonyl (C=O) groups excluding carboxylic acids is 2. The second kappa shape index (κ2) is 8.52. The van der Waals surface area contributed by atoms with E-state index in [0.717, 1.165) is 22.3 Å². The van der Waals surface area contributed by atoms with Gasteiger partial charge in [-0.15, -0.1) is 0 Å². The number of carbonyl (C=O) groups is 2. The van der Waals surface area contributed by atoms with Gasteiger partial charge in [0.25, 0.3) is 0 Å². The third-order valence-corrected chi connectivity index (χ3v) is 4.42. The minimum atomic E-state index is -0.590. The maximum absolute atomic E-state index is 12.5. The zero-order valence-corrected chi connectivity index (χ0v) is 15.8. The van der Waals surface area contributed by atoms with Crippen molar-refractivity contribution in [3.8, 4) is 11.5 Å². The summed E-state index contributed by atoms with van der Waals surface area (Å²) in [6, 6.07) is 8.83. The molecule has 0 aliphatic heterocycles. The number of rotatable bonds is 7. The molecular weight excluding hydrogens is 332 g/mol. The van der Waals surface area contributed by atoms with Crippen molar-refractivity contribution >= 4 is 11.8 Å². The van der Waals surface area contributed by atoms with Crippen molar-refractivity contribution in [3.63, 3.8) is 0 Å². The van der Waals surface area contributed by atoms with Gasteiger partial charge in [-0.3, -0.25) is 4.79 Å². The van der Waals surface area contributed by atoms with E-state index < -0.39 is 5.97 Å². The van der Waals surface area contributed by atoms with Crippen molar-refractivity contribution < 1.29 is 23.8 Å². The molecule has 0 saturated heterocycles. The molecule has 0 radical (unpaired) electrons. The largest absolute Gasteiger partial charge is 0.497 e. The lowest BCUT2D eigenvalue weighted by atomic mass is 9.92. The molecule has 0 atom stereocenters. The Kier molecular flexibility index (Phi) is 6.39. The van der Waals surface area contributed by atoms with Gasteiger partial charge in [0.1, 0.15) is 11.5 Å². The van der Waals surface area contributed by atoms with E-state index in [2.05, 4.69) is 0 Å². The Morgan fingerprint density at radius 1 is 0.846 bits per heavy atom. The predicted molar refractivity (Wildman–Crippen MR) is 99.2 cm³/mol.